The van der Waals surface area contributed by atoms with E-state index in [0.717, 1.165) is 29.5 Å². The van der Waals surface area contributed by atoms with Crippen LogP contribution in [0.5, 0.6) is 0 Å². The molecule has 2 aromatic rings. The van der Waals surface area contributed by atoms with Gasteiger partial charge in [0.15, 0.2) is 0 Å². The zero-order valence-corrected chi connectivity index (χ0v) is 23.2. The van der Waals surface area contributed by atoms with Gasteiger partial charge >= 0.3 is 6.09 Å². The van der Waals surface area contributed by atoms with E-state index in [2.05, 4.69) is 5.32 Å². The summed E-state index contributed by atoms with van der Waals surface area (Å²) in [6.45, 7) is 12.2. The molecule has 0 radical (unpaired) electrons. The highest BCUT2D eigenvalue weighted by molar-refractivity contribution is 5.68. The summed E-state index contributed by atoms with van der Waals surface area (Å²) in [5.41, 5.74) is 6.62. The lowest BCUT2D eigenvalue weighted by atomic mass is 9.84. The second-order valence-electron chi connectivity index (χ2n) is 12.2. The first-order valence-corrected chi connectivity index (χ1v) is 13.2. The van der Waals surface area contributed by atoms with Crippen LogP contribution in [0, 0.1) is 0 Å². The van der Waals surface area contributed by atoms with Crippen molar-refractivity contribution in [2.45, 2.75) is 95.7 Å². The SMILES string of the molecule is CC(C)(C)OC(=O)N1CCC(NC(c2ccc(CC(C)(O)C(N)c3ccccc3)cc2)C(C)(C)O)CC1. The fraction of sp³-hybridized carbons (Fsp3) is 0.567. The van der Waals surface area contributed by atoms with Crippen molar-refractivity contribution >= 4 is 6.09 Å². The number of piperidine rings is 1. The van der Waals surface area contributed by atoms with Gasteiger partial charge in [0.2, 0.25) is 0 Å². The molecule has 1 fully saturated rings. The van der Waals surface area contributed by atoms with Crippen LogP contribution >= 0.6 is 0 Å². The van der Waals surface area contributed by atoms with Crippen molar-refractivity contribution < 1.29 is 19.7 Å². The molecule has 1 aliphatic heterocycles. The predicted molar refractivity (Wildman–Crippen MR) is 147 cm³/mol. The Labute approximate surface area is 222 Å². The van der Waals surface area contributed by atoms with E-state index in [9.17, 15) is 15.0 Å². The third-order valence-electron chi connectivity index (χ3n) is 6.96. The van der Waals surface area contributed by atoms with E-state index in [1.54, 1.807) is 25.7 Å². The van der Waals surface area contributed by atoms with E-state index in [0.29, 0.717) is 19.5 Å². The molecule has 0 spiro atoms. The van der Waals surface area contributed by atoms with Gasteiger partial charge in [0.1, 0.15) is 5.60 Å². The van der Waals surface area contributed by atoms with Crippen LogP contribution in [0.25, 0.3) is 0 Å². The lowest BCUT2D eigenvalue weighted by Gasteiger charge is -2.38. The van der Waals surface area contributed by atoms with Crippen LogP contribution < -0.4 is 11.1 Å². The maximum Gasteiger partial charge on any atom is 0.410 e. The van der Waals surface area contributed by atoms with E-state index in [-0.39, 0.29) is 18.2 Å². The summed E-state index contributed by atoms with van der Waals surface area (Å²) in [6, 6.07) is 17.0. The molecule has 0 aliphatic carbocycles. The first-order valence-electron chi connectivity index (χ1n) is 13.2. The smallest absolute Gasteiger partial charge is 0.410 e. The van der Waals surface area contributed by atoms with Gasteiger partial charge in [-0.1, -0.05) is 54.6 Å². The Kier molecular flexibility index (Phi) is 9.06. The van der Waals surface area contributed by atoms with Crippen LogP contribution in [0.15, 0.2) is 54.6 Å². The van der Waals surface area contributed by atoms with E-state index >= 15 is 0 Å². The number of benzene rings is 2. The van der Waals surface area contributed by atoms with Gasteiger partial charge in [-0.15, -0.1) is 0 Å². The summed E-state index contributed by atoms with van der Waals surface area (Å²) in [5, 5.41) is 25.7. The molecule has 1 aliphatic rings. The molecule has 1 amide bonds. The summed E-state index contributed by atoms with van der Waals surface area (Å²) in [4.78, 5) is 14.1. The number of hydrogen-bond acceptors (Lipinski definition) is 6. The second-order valence-corrected chi connectivity index (χ2v) is 12.2. The monoisotopic (exact) mass is 511 g/mol. The van der Waals surface area contributed by atoms with Gasteiger partial charge in [-0.2, -0.15) is 0 Å². The molecule has 1 saturated heterocycles. The molecule has 0 bridgehead atoms. The number of aliphatic hydroxyl groups is 2. The molecule has 3 unspecified atom stereocenters. The highest BCUT2D eigenvalue weighted by atomic mass is 16.6. The van der Waals surface area contributed by atoms with Crippen LogP contribution in [0.2, 0.25) is 0 Å². The Bertz CT molecular complexity index is 1000. The van der Waals surface area contributed by atoms with Crippen LogP contribution in [-0.4, -0.2) is 57.1 Å². The van der Waals surface area contributed by atoms with E-state index in [1.807, 2.05) is 75.4 Å². The molecule has 7 heteroatoms. The van der Waals surface area contributed by atoms with Crippen molar-refractivity contribution in [3.05, 3.63) is 71.3 Å². The minimum absolute atomic E-state index is 0.166. The number of nitrogens with zero attached hydrogens (tertiary/aromatic N) is 1. The van der Waals surface area contributed by atoms with E-state index in [1.165, 1.54) is 0 Å². The number of hydrogen-bond donors (Lipinski definition) is 4. The number of rotatable bonds is 8. The summed E-state index contributed by atoms with van der Waals surface area (Å²) in [5.74, 6) is 0. The molecule has 3 rings (SSSR count). The average Bonchev–Trinajstić information content (AvgIpc) is 2.81. The standard InChI is InChI=1S/C30H45N3O4/c1-28(2,3)37-27(34)33-18-16-24(17-19-33)32-26(29(4,5)35)23-14-12-21(13-15-23)20-30(6,36)25(31)22-10-8-7-9-11-22/h7-15,24-26,32,35-36H,16-20,31H2,1-6H3. The Hall–Kier alpha value is -2.45. The molecule has 37 heavy (non-hydrogen) atoms. The van der Waals surface area contributed by atoms with Gasteiger partial charge in [-0.05, 0) is 71.1 Å². The number of nitrogens with two attached hydrogens (primary N) is 1. The van der Waals surface area contributed by atoms with E-state index < -0.39 is 22.8 Å². The number of ether oxygens (including phenoxy) is 1. The maximum absolute atomic E-state index is 12.4. The summed E-state index contributed by atoms with van der Waals surface area (Å²) < 4.78 is 5.50. The lowest BCUT2D eigenvalue weighted by molar-refractivity contribution is 0.0123. The topological polar surface area (TPSA) is 108 Å². The molecule has 0 saturated carbocycles. The Morgan fingerprint density at radius 1 is 0.973 bits per heavy atom. The molecule has 1 heterocycles. The number of likely N-dealkylation sites (tertiary alicyclic amines) is 1. The van der Waals surface area contributed by atoms with Gasteiger partial charge in [0.05, 0.1) is 23.3 Å². The molecule has 7 nitrogen and oxygen atoms in total. The number of amides is 1. The van der Waals surface area contributed by atoms with Crippen LogP contribution in [0.1, 0.15) is 83.2 Å². The Balaban J connectivity index is 1.64. The normalized spacial score (nSPS) is 18.7. The molecule has 5 N–H and O–H groups in total. The lowest BCUT2D eigenvalue weighted by Crippen LogP contribution is -2.50. The Morgan fingerprint density at radius 2 is 1.54 bits per heavy atom. The number of carbonyl (C=O) groups is 1. The quantitative estimate of drug-likeness (QED) is 0.416. The van der Waals surface area contributed by atoms with Gasteiger partial charge in [-0.25, -0.2) is 4.79 Å². The zero-order valence-electron chi connectivity index (χ0n) is 23.2. The summed E-state index contributed by atoms with van der Waals surface area (Å²) in [7, 11) is 0. The van der Waals surface area contributed by atoms with Gasteiger partial charge in [0, 0.05) is 25.6 Å². The highest BCUT2D eigenvalue weighted by Crippen LogP contribution is 2.31. The van der Waals surface area contributed by atoms with Gasteiger partial charge in [0.25, 0.3) is 0 Å². The fourth-order valence-corrected chi connectivity index (χ4v) is 4.87. The van der Waals surface area contributed by atoms with Crippen molar-refractivity contribution in [1.29, 1.82) is 0 Å². The maximum atomic E-state index is 12.4. The molecular formula is C30H45N3O4. The third kappa shape index (κ3) is 8.27. The minimum Gasteiger partial charge on any atom is -0.444 e. The summed E-state index contributed by atoms with van der Waals surface area (Å²) in [6.07, 6.45) is 1.70. The number of carbonyl (C=O) groups excluding carboxylic acids is 1. The molecular weight excluding hydrogens is 466 g/mol. The second kappa shape index (κ2) is 11.5. The zero-order chi connectivity index (χ0) is 27.4. The van der Waals surface area contributed by atoms with Crippen molar-refractivity contribution in [2.75, 3.05) is 13.1 Å². The van der Waals surface area contributed by atoms with E-state index in [4.69, 9.17) is 10.5 Å². The van der Waals surface area contributed by atoms with Crippen molar-refractivity contribution in [2.24, 2.45) is 5.73 Å². The molecule has 204 valence electrons. The third-order valence-corrected chi connectivity index (χ3v) is 6.96. The fourth-order valence-electron chi connectivity index (χ4n) is 4.87. The van der Waals surface area contributed by atoms with Gasteiger partial charge < -0.3 is 30.9 Å². The minimum atomic E-state index is -1.11. The predicted octanol–water partition coefficient (Wildman–Crippen LogP) is 4.48. The van der Waals surface area contributed by atoms with Gasteiger partial charge in [-0.3, -0.25) is 0 Å². The van der Waals surface area contributed by atoms with Crippen molar-refractivity contribution in [1.82, 2.24) is 10.2 Å². The van der Waals surface area contributed by atoms with Crippen LogP contribution in [-0.2, 0) is 11.2 Å². The number of nitrogens with one attached hydrogen (secondary N) is 1. The first-order chi connectivity index (χ1) is 17.2. The molecule has 3 atom stereocenters. The highest BCUT2D eigenvalue weighted by Gasteiger charge is 2.34. The largest absolute Gasteiger partial charge is 0.444 e. The Morgan fingerprint density at radius 3 is 2.05 bits per heavy atom. The van der Waals surface area contributed by atoms with Crippen LogP contribution in [0.4, 0.5) is 4.79 Å². The van der Waals surface area contributed by atoms with Crippen molar-refractivity contribution in [3.8, 4) is 0 Å². The van der Waals surface area contributed by atoms with Crippen molar-refractivity contribution in [3.63, 3.8) is 0 Å². The van der Waals surface area contributed by atoms with Crippen LogP contribution in [0.3, 0.4) is 0 Å². The molecule has 0 aromatic heterocycles. The average molecular weight is 512 g/mol. The summed E-state index contributed by atoms with van der Waals surface area (Å²) >= 11 is 0. The molecule has 2 aromatic carbocycles. The first kappa shape index (κ1) is 29.1.